The molecule has 1 aromatic rings. The van der Waals surface area contributed by atoms with Gasteiger partial charge in [0.2, 0.25) is 5.91 Å². The van der Waals surface area contributed by atoms with Crippen LogP contribution in [0.2, 0.25) is 0 Å². The third-order valence-corrected chi connectivity index (χ3v) is 5.92. The Hall–Kier alpha value is -2.69. The lowest BCUT2D eigenvalue weighted by atomic mass is 10.0. The summed E-state index contributed by atoms with van der Waals surface area (Å²) < 4.78 is 5.16. The summed E-state index contributed by atoms with van der Waals surface area (Å²) in [6.45, 7) is 2.90. The van der Waals surface area contributed by atoms with E-state index in [2.05, 4.69) is 10.2 Å². The summed E-state index contributed by atoms with van der Waals surface area (Å²) in [4.78, 5) is 41.2. The summed E-state index contributed by atoms with van der Waals surface area (Å²) in [7, 11) is 3.38. The first-order chi connectivity index (χ1) is 15.4. The van der Waals surface area contributed by atoms with E-state index in [1.165, 1.54) is 0 Å². The Bertz CT molecular complexity index is 792. The lowest BCUT2D eigenvalue weighted by Gasteiger charge is -2.55. The average molecular weight is 448 g/mol. The van der Waals surface area contributed by atoms with Gasteiger partial charge in [-0.2, -0.15) is 0 Å². The molecule has 2 heterocycles. The first-order valence-corrected chi connectivity index (χ1v) is 11.0. The number of fused-ring (bicyclic) bond motifs is 1. The molecule has 0 bridgehead atoms. The summed E-state index contributed by atoms with van der Waals surface area (Å²) >= 11 is 0. The van der Waals surface area contributed by atoms with Gasteiger partial charge in [0.15, 0.2) is 0 Å². The molecule has 3 rings (SSSR count). The number of nitrogens with zero attached hydrogens (tertiary/aromatic N) is 4. The quantitative estimate of drug-likeness (QED) is 0.540. The second-order valence-electron chi connectivity index (χ2n) is 8.28. The number of nitrogens with one attached hydrogen (secondary N) is 1. The second kappa shape index (κ2) is 11.3. The number of urea groups is 1. The van der Waals surface area contributed by atoms with E-state index < -0.39 is 12.1 Å². The topological polar surface area (TPSA) is 106 Å². The molecular weight excluding hydrogens is 414 g/mol. The molecular formula is C22H33N5O5. The van der Waals surface area contributed by atoms with Gasteiger partial charge in [-0.1, -0.05) is 30.3 Å². The molecule has 176 valence electrons. The number of likely N-dealkylation sites (N-methyl/N-ethyl adjacent to an activating group) is 1. The van der Waals surface area contributed by atoms with Crippen LogP contribution in [-0.2, 0) is 20.9 Å². The highest BCUT2D eigenvalue weighted by molar-refractivity contribution is 5.83. The monoisotopic (exact) mass is 447 g/mol. The predicted molar refractivity (Wildman–Crippen MR) is 117 cm³/mol. The number of hydrazine groups is 1. The minimum atomic E-state index is -0.892. The molecule has 0 saturated carbocycles. The number of carboxylic acid groups (broad SMARTS) is 1. The van der Waals surface area contributed by atoms with E-state index >= 15 is 0 Å². The Morgan fingerprint density at radius 1 is 1.22 bits per heavy atom. The Morgan fingerprint density at radius 2 is 1.97 bits per heavy atom. The highest BCUT2D eigenvalue weighted by Crippen LogP contribution is 2.27. The molecule has 2 aliphatic rings. The largest absolute Gasteiger partial charge is 0.481 e. The molecule has 0 aromatic heterocycles. The van der Waals surface area contributed by atoms with Crippen LogP contribution in [0.15, 0.2) is 30.3 Å². The third kappa shape index (κ3) is 5.96. The molecule has 10 nitrogen and oxygen atoms in total. The molecule has 3 amide bonds. The Morgan fingerprint density at radius 3 is 2.66 bits per heavy atom. The summed E-state index contributed by atoms with van der Waals surface area (Å²) in [5.74, 6) is -0.978. The highest BCUT2D eigenvalue weighted by Gasteiger charge is 2.47. The molecule has 0 spiro atoms. The van der Waals surface area contributed by atoms with Crippen molar-refractivity contribution in [2.75, 3.05) is 46.9 Å². The number of ether oxygens (including phenoxy) is 1. The molecule has 2 atom stereocenters. The second-order valence-corrected chi connectivity index (χ2v) is 8.28. The maximum absolute atomic E-state index is 13.2. The molecule has 2 N–H and O–H groups in total. The first kappa shape index (κ1) is 24.0. The number of carbonyl (C=O) groups excluding carboxylic acids is 2. The van der Waals surface area contributed by atoms with Crippen LogP contribution in [0.5, 0.6) is 0 Å². The van der Waals surface area contributed by atoms with Crippen molar-refractivity contribution in [3.8, 4) is 0 Å². The van der Waals surface area contributed by atoms with Gasteiger partial charge in [0, 0.05) is 59.4 Å². The molecule has 0 radical (unpaired) electrons. The van der Waals surface area contributed by atoms with Gasteiger partial charge in [-0.05, 0) is 18.4 Å². The minimum absolute atomic E-state index is 0.0247. The van der Waals surface area contributed by atoms with Gasteiger partial charge in [0.05, 0.1) is 6.54 Å². The Labute approximate surface area is 188 Å². The lowest BCUT2D eigenvalue weighted by Crippen LogP contribution is -2.74. The van der Waals surface area contributed by atoms with Crippen LogP contribution < -0.4 is 5.32 Å². The maximum Gasteiger partial charge on any atom is 0.334 e. The predicted octanol–water partition coefficient (Wildman–Crippen LogP) is 0.799. The van der Waals surface area contributed by atoms with Gasteiger partial charge in [-0.3, -0.25) is 14.5 Å². The zero-order chi connectivity index (χ0) is 23.1. The Balaban J connectivity index is 1.77. The van der Waals surface area contributed by atoms with E-state index in [-0.39, 0.29) is 30.9 Å². The van der Waals surface area contributed by atoms with Gasteiger partial charge in [-0.25, -0.2) is 14.8 Å². The molecule has 32 heavy (non-hydrogen) atoms. The van der Waals surface area contributed by atoms with Crippen molar-refractivity contribution in [3.63, 3.8) is 0 Å². The normalized spacial score (nSPS) is 22.0. The van der Waals surface area contributed by atoms with E-state index in [0.717, 1.165) is 18.5 Å². The smallest absolute Gasteiger partial charge is 0.334 e. The third-order valence-electron chi connectivity index (χ3n) is 5.92. The number of benzene rings is 1. The zero-order valence-corrected chi connectivity index (χ0v) is 18.8. The van der Waals surface area contributed by atoms with Crippen LogP contribution in [0, 0.1) is 0 Å². The fourth-order valence-corrected chi connectivity index (χ4v) is 4.45. The fourth-order valence-electron chi connectivity index (χ4n) is 4.45. The standard InChI is InChI=1S/C22H33N5O5/c1-24-16-20(28)26-18(9-10-21(29)30)14-25(11-6-12-32-2)15-19(26)27(24)22(31)23-13-17-7-4-3-5-8-17/h3-5,7-8,18-19H,6,9-16H2,1-2H3,(H,23,31)(H,29,30)/t18-,19-/m0/s1. The van der Waals surface area contributed by atoms with Crippen molar-refractivity contribution in [2.24, 2.45) is 0 Å². The minimum Gasteiger partial charge on any atom is -0.481 e. The molecule has 0 unspecified atom stereocenters. The van der Waals surface area contributed by atoms with Crippen molar-refractivity contribution in [2.45, 2.75) is 38.0 Å². The van der Waals surface area contributed by atoms with Crippen LogP contribution >= 0.6 is 0 Å². The van der Waals surface area contributed by atoms with Crippen LogP contribution in [0.3, 0.4) is 0 Å². The SMILES string of the molecule is COCCCN1C[C@H](CCC(=O)O)N2C(=O)CN(C)N(C(=O)NCc3ccccc3)[C@H]2C1. The number of rotatable bonds is 9. The first-order valence-electron chi connectivity index (χ1n) is 11.0. The Kier molecular flexibility index (Phi) is 8.43. The molecule has 10 heteroatoms. The average Bonchev–Trinajstić information content (AvgIpc) is 2.76. The molecule has 1 aromatic carbocycles. The number of carboxylic acids is 1. The van der Waals surface area contributed by atoms with Gasteiger partial charge < -0.3 is 20.1 Å². The maximum atomic E-state index is 13.2. The zero-order valence-electron chi connectivity index (χ0n) is 18.8. The number of aliphatic carboxylic acids is 1. The number of methoxy groups -OCH3 is 1. The lowest BCUT2D eigenvalue weighted by molar-refractivity contribution is -0.181. The summed E-state index contributed by atoms with van der Waals surface area (Å²) in [6, 6.07) is 9.09. The van der Waals surface area contributed by atoms with Crippen LogP contribution in [-0.4, -0.2) is 102 Å². The molecule has 0 aliphatic carbocycles. The summed E-state index contributed by atoms with van der Waals surface area (Å²) in [5.41, 5.74) is 0.984. The van der Waals surface area contributed by atoms with Gasteiger partial charge >= 0.3 is 12.0 Å². The van der Waals surface area contributed by atoms with Crippen molar-refractivity contribution in [1.29, 1.82) is 0 Å². The van der Waals surface area contributed by atoms with Gasteiger partial charge in [0.1, 0.15) is 6.17 Å². The number of hydrogen-bond donors (Lipinski definition) is 2. The van der Waals surface area contributed by atoms with Gasteiger partial charge in [-0.15, -0.1) is 0 Å². The number of carbonyl (C=O) groups is 3. The van der Waals surface area contributed by atoms with E-state index in [0.29, 0.717) is 32.7 Å². The number of hydrogen-bond acceptors (Lipinski definition) is 6. The van der Waals surface area contributed by atoms with Gasteiger partial charge in [0.25, 0.3) is 0 Å². The van der Waals surface area contributed by atoms with E-state index in [9.17, 15) is 19.5 Å². The number of piperazine rings is 1. The molecule has 2 saturated heterocycles. The van der Waals surface area contributed by atoms with Crippen molar-refractivity contribution < 1.29 is 24.2 Å². The van der Waals surface area contributed by atoms with Crippen molar-refractivity contribution >= 4 is 17.9 Å². The molecule has 2 fully saturated rings. The number of amides is 3. The van der Waals surface area contributed by atoms with E-state index in [1.54, 1.807) is 29.1 Å². The molecule has 2 aliphatic heterocycles. The highest BCUT2D eigenvalue weighted by atomic mass is 16.5. The van der Waals surface area contributed by atoms with Crippen LogP contribution in [0.25, 0.3) is 0 Å². The summed E-state index contributed by atoms with van der Waals surface area (Å²) in [6.07, 6.45) is 0.649. The van der Waals surface area contributed by atoms with Crippen LogP contribution in [0.4, 0.5) is 4.79 Å². The van der Waals surface area contributed by atoms with Crippen LogP contribution in [0.1, 0.15) is 24.8 Å². The van der Waals surface area contributed by atoms with Crippen molar-refractivity contribution in [1.82, 2.24) is 25.1 Å². The fraction of sp³-hybridized carbons (Fsp3) is 0.591. The van der Waals surface area contributed by atoms with E-state index in [4.69, 9.17) is 4.74 Å². The summed E-state index contributed by atoms with van der Waals surface area (Å²) in [5, 5.41) is 15.4. The van der Waals surface area contributed by atoms with E-state index in [1.807, 2.05) is 30.3 Å². The van der Waals surface area contributed by atoms with Crippen molar-refractivity contribution in [3.05, 3.63) is 35.9 Å².